The van der Waals surface area contributed by atoms with Gasteiger partial charge in [-0.15, -0.1) is 0 Å². The van der Waals surface area contributed by atoms with Gasteiger partial charge in [0.15, 0.2) is 0 Å². The fourth-order valence-electron chi connectivity index (χ4n) is 1.97. The van der Waals surface area contributed by atoms with Crippen molar-refractivity contribution in [2.75, 3.05) is 5.32 Å². The molecular weight excluding hydrogens is 370 g/mol. The molecule has 0 aliphatic rings. The van der Waals surface area contributed by atoms with Crippen LogP contribution >= 0.6 is 15.9 Å². The number of aromatic nitrogens is 1. The summed E-state index contributed by atoms with van der Waals surface area (Å²) in [6, 6.07) is 7.09. The molecule has 2 amide bonds. The van der Waals surface area contributed by atoms with Gasteiger partial charge >= 0.3 is 0 Å². The van der Waals surface area contributed by atoms with Crippen molar-refractivity contribution in [1.29, 1.82) is 0 Å². The summed E-state index contributed by atoms with van der Waals surface area (Å²) in [4.78, 5) is 28.6. The quantitative estimate of drug-likeness (QED) is 0.834. The minimum Gasteiger partial charge on any atom is -0.347 e. The molecule has 1 aromatic carbocycles. The molecule has 0 bridgehead atoms. The van der Waals surface area contributed by atoms with Gasteiger partial charge in [0.2, 0.25) is 0 Å². The van der Waals surface area contributed by atoms with Crippen molar-refractivity contribution in [2.45, 2.75) is 33.2 Å². The van der Waals surface area contributed by atoms with Crippen LogP contribution in [0.1, 0.15) is 47.1 Å². The second kappa shape index (κ2) is 7.13. The lowest BCUT2D eigenvalue weighted by atomic mass is 10.1. The summed E-state index contributed by atoms with van der Waals surface area (Å²) >= 11 is 3.43. The van der Waals surface area contributed by atoms with Crippen LogP contribution in [0.2, 0.25) is 0 Å². The number of anilines is 1. The number of benzene rings is 1. The Labute approximate surface area is 150 Å². The fourth-order valence-corrected chi connectivity index (χ4v) is 2.35. The van der Waals surface area contributed by atoms with E-state index in [1.165, 1.54) is 18.5 Å². The minimum absolute atomic E-state index is 0.261. The molecule has 0 saturated carbocycles. The summed E-state index contributed by atoms with van der Waals surface area (Å²) in [5.74, 6) is -0.577. The highest BCUT2D eigenvalue weighted by Gasteiger charge is 2.17. The predicted molar refractivity (Wildman–Crippen MR) is 98.3 cm³/mol. The van der Waals surface area contributed by atoms with E-state index in [0.717, 1.165) is 10.0 Å². The third kappa shape index (κ3) is 4.89. The summed E-state index contributed by atoms with van der Waals surface area (Å²) in [7, 11) is 0. The summed E-state index contributed by atoms with van der Waals surface area (Å²) in [6.07, 6.45) is 2.88. The van der Waals surface area contributed by atoms with E-state index < -0.39 is 0 Å². The molecule has 1 heterocycles. The van der Waals surface area contributed by atoms with E-state index in [2.05, 4.69) is 31.5 Å². The standard InChI is InChI=1S/C18H20BrN3O2/c1-11-5-6-14(8-15(11)19)21-16(23)12-7-13(10-20-9-12)17(24)22-18(2,3)4/h5-10H,1-4H3,(H,21,23)(H,22,24). The maximum Gasteiger partial charge on any atom is 0.257 e. The van der Waals surface area contributed by atoms with Crippen molar-refractivity contribution in [3.05, 3.63) is 57.8 Å². The zero-order valence-electron chi connectivity index (χ0n) is 14.1. The molecule has 0 fully saturated rings. The van der Waals surface area contributed by atoms with Crippen molar-refractivity contribution in [2.24, 2.45) is 0 Å². The van der Waals surface area contributed by atoms with Crippen LogP contribution in [0.3, 0.4) is 0 Å². The van der Waals surface area contributed by atoms with Crippen LogP contribution in [0.25, 0.3) is 0 Å². The van der Waals surface area contributed by atoms with E-state index in [1.54, 1.807) is 0 Å². The number of hydrogen-bond donors (Lipinski definition) is 2. The van der Waals surface area contributed by atoms with Crippen molar-refractivity contribution >= 4 is 33.4 Å². The first-order valence-corrected chi connectivity index (χ1v) is 8.30. The summed E-state index contributed by atoms with van der Waals surface area (Å²) in [6.45, 7) is 7.65. The smallest absolute Gasteiger partial charge is 0.257 e. The number of carbonyl (C=O) groups excluding carboxylic acids is 2. The van der Waals surface area contributed by atoms with Gasteiger partial charge in [-0.05, 0) is 51.5 Å². The van der Waals surface area contributed by atoms with E-state index >= 15 is 0 Å². The zero-order chi connectivity index (χ0) is 17.9. The van der Waals surface area contributed by atoms with Crippen LogP contribution < -0.4 is 10.6 Å². The highest BCUT2D eigenvalue weighted by atomic mass is 79.9. The Morgan fingerprint density at radius 1 is 1.04 bits per heavy atom. The van der Waals surface area contributed by atoms with Gasteiger partial charge in [0.25, 0.3) is 11.8 Å². The lowest BCUT2D eigenvalue weighted by Gasteiger charge is -2.20. The van der Waals surface area contributed by atoms with Crippen molar-refractivity contribution in [3.8, 4) is 0 Å². The molecule has 0 aliphatic heterocycles. The normalized spacial score (nSPS) is 11.0. The van der Waals surface area contributed by atoms with Gasteiger partial charge in [0, 0.05) is 28.1 Å². The number of nitrogens with zero attached hydrogens (tertiary/aromatic N) is 1. The second-order valence-electron chi connectivity index (χ2n) is 6.58. The Kier molecular flexibility index (Phi) is 5.39. The van der Waals surface area contributed by atoms with Crippen LogP contribution in [-0.4, -0.2) is 22.3 Å². The molecule has 0 spiro atoms. The zero-order valence-corrected chi connectivity index (χ0v) is 15.7. The predicted octanol–water partition coefficient (Wildman–Crippen LogP) is 3.93. The number of halogens is 1. The lowest BCUT2D eigenvalue weighted by Crippen LogP contribution is -2.40. The van der Waals surface area contributed by atoms with E-state index in [1.807, 2.05) is 45.9 Å². The maximum absolute atomic E-state index is 12.4. The van der Waals surface area contributed by atoms with Crippen molar-refractivity contribution < 1.29 is 9.59 Å². The fraction of sp³-hybridized carbons (Fsp3) is 0.278. The number of hydrogen-bond acceptors (Lipinski definition) is 3. The van der Waals surface area contributed by atoms with Gasteiger partial charge in [-0.2, -0.15) is 0 Å². The molecule has 126 valence electrons. The van der Waals surface area contributed by atoms with E-state index in [9.17, 15) is 9.59 Å². The number of nitrogens with one attached hydrogen (secondary N) is 2. The summed E-state index contributed by atoms with van der Waals surface area (Å²) in [5.41, 5.74) is 2.07. The van der Waals surface area contributed by atoms with Crippen LogP contribution in [0.15, 0.2) is 41.1 Å². The molecule has 0 aliphatic carbocycles. The number of aryl methyl sites for hydroxylation is 1. The van der Waals surface area contributed by atoms with Gasteiger partial charge in [-0.1, -0.05) is 22.0 Å². The Bertz CT molecular complexity index is 782. The van der Waals surface area contributed by atoms with E-state index in [-0.39, 0.29) is 17.4 Å². The monoisotopic (exact) mass is 389 g/mol. The molecule has 0 radical (unpaired) electrons. The number of amides is 2. The molecule has 2 aromatic rings. The molecule has 0 saturated heterocycles. The third-order valence-electron chi connectivity index (χ3n) is 3.18. The second-order valence-corrected chi connectivity index (χ2v) is 7.44. The summed E-state index contributed by atoms with van der Waals surface area (Å²) in [5, 5.41) is 5.65. The Hall–Kier alpha value is -2.21. The molecule has 2 rings (SSSR count). The van der Waals surface area contributed by atoms with Gasteiger partial charge < -0.3 is 10.6 Å². The maximum atomic E-state index is 12.4. The first-order valence-electron chi connectivity index (χ1n) is 7.51. The average molecular weight is 390 g/mol. The van der Waals surface area contributed by atoms with Gasteiger partial charge in [-0.3, -0.25) is 14.6 Å². The highest BCUT2D eigenvalue weighted by molar-refractivity contribution is 9.10. The molecule has 1 aromatic heterocycles. The molecule has 6 heteroatoms. The highest BCUT2D eigenvalue weighted by Crippen LogP contribution is 2.21. The lowest BCUT2D eigenvalue weighted by molar-refractivity contribution is 0.0919. The average Bonchev–Trinajstić information content (AvgIpc) is 2.49. The molecule has 24 heavy (non-hydrogen) atoms. The van der Waals surface area contributed by atoms with E-state index in [4.69, 9.17) is 0 Å². The summed E-state index contributed by atoms with van der Waals surface area (Å²) < 4.78 is 0.914. The SMILES string of the molecule is Cc1ccc(NC(=O)c2cncc(C(=O)NC(C)(C)C)c2)cc1Br. The molecule has 2 N–H and O–H groups in total. The van der Waals surface area contributed by atoms with E-state index in [0.29, 0.717) is 16.8 Å². The first kappa shape index (κ1) is 18.1. The van der Waals surface area contributed by atoms with Crippen LogP contribution in [0, 0.1) is 6.92 Å². The topological polar surface area (TPSA) is 71.1 Å². The number of carbonyl (C=O) groups is 2. The molecule has 0 atom stereocenters. The van der Waals surface area contributed by atoms with Crippen LogP contribution in [-0.2, 0) is 0 Å². The van der Waals surface area contributed by atoms with Gasteiger partial charge in [0.05, 0.1) is 11.1 Å². The Balaban J connectivity index is 2.16. The largest absolute Gasteiger partial charge is 0.347 e. The molecule has 5 nitrogen and oxygen atoms in total. The Morgan fingerprint density at radius 3 is 2.25 bits per heavy atom. The third-order valence-corrected chi connectivity index (χ3v) is 4.04. The molecule has 0 unspecified atom stereocenters. The number of rotatable bonds is 3. The van der Waals surface area contributed by atoms with Crippen LogP contribution in [0.4, 0.5) is 5.69 Å². The number of pyridine rings is 1. The van der Waals surface area contributed by atoms with Crippen molar-refractivity contribution in [1.82, 2.24) is 10.3 Å². The van der Waals surface area contributed by atoms with Crippen molar-refractivity contribution in [3.63, 3.8) is 0 Å². The van der Waals surface area contributed by atoms with Gasteiger partial charge in [-0.25, -0.2) is 0 Å². The minimum atomic E-state index is -0.358. The first-order chi connectivity index (χ1) is 11.2. The Morgan fingerprint density at radius 2 is 1.67 bits per heavy atom. The van der Waals surface area contributed by atoms with Gasteiger partial charge in [0.1, 0.15) is 0 Å². The molecular formula is C18H20BrN3O2. The van der Waals surface area contributed by atoms with Crippen LogP contribution in [0.5, 0.6) is 0 Å².